The Bertz CT molecular complexity index is 343. The fraction of sp³-hybridized carbons (Fsp3) is 0.500. The number of hydrogen-bond acceptors (Lipinski definition) is 3. The highest BCUT2D eigenvalue weighted by atomic mass is 16.5. The second-order valence-corrected chi connectivity index (χ2v) is 4.05. The topological polar surface area (TPSA) is 42.2 Å². The molecule has 1 unspecified atom stereocenters. The number of nitrogens with zero attached hydrogens (tertiary/aromatic N) is 1. The van der Waals surface area contributed by atoms with E-state index in [1.807, 2.05) is 44.2 Å². The van der Waals surface area contributed by atoms with Gasteiger partial charge in [0.15, 0.2) is 0 Å². The van der Waals surface area contributed by atoms with Crippen LogP contribution in [0, 0.1) is 11.3 Å². The van der Waals surface area contributed by atoms with Gasteiger partial charge in [-0.2, -0.15) is 5.26 Å². The van der Waals surface area contributed by atoms with E-state index in [2.05, 4.69) is 6.07 Å². The van der Waals surface area contributed by atoms with Gasteiger partial charge in [0, 0.05) is 0 Å². The van der Waals surface area contributed by atoms with Gasteiger partial charge in [-0.25, -0.2) is 0 Å². The molecule has 0 saturated heterocycles. The third-order valence-electron chi connectivity index (χ3n) is 2.30. The van der Waals surface area contributed by atoms with Crippen molar-refractivity contribution in [2.24, 2.45) is 0 Å². The summed E-state index contributed by atoms with van der Waals surface area (Å²) in [6.07, 6.45) is 0.424. The van der Waals surface area contributed by atoms with Crippen molar-refractivity contribution >= 4 is 0 Å². The highest BCUT2D eigenvalue weighted by molar-refractivity contribution is 5.18. The van der Waals surface area contributed by atoms with Gasteiger partial charge in [0.25, 0.3) is 0 Å². The number of benzene rings is 1. The number of nitriles is 1. The molecule has 0 bridgehead atoms. The van der Waals surface area contributed by atoms with Gasteiger partial charge in [-0.05, 0) is 19.4 Å². The minimum absolute atomic E-state index is 0.156. The predicted octanol–water partition coefficient (Wildman–Crippen LogP) is 3.08. The van der Waals surface area contributed by atoms with Gasteiger partial charge >= 0.3 is 0 Å². The molecule has 0 radical (unpaired) electrons. The van der Waals surface area contributed by atoms with Gasteiger partial charge in [0.05, 0.1) is 37.9 Å². The van der Waals surface area contributed by atoms with Crippen molar-refractivity contribution in [1.29, 1.82) is 5.26 Å². The molecule has 0 amide bonds. The Balaban J connectivity index is 2.42. The van der Waals surface area contributed by atoms with Crippen LogP contribution in [0.25, 0.3) is 0 Å². The van der Waals surface area contributed by atoms with E-state index in [-0.39, 0.29) is 12.2 Å². The molecule has 92 valence electrons. The lowest BCUT2D eigenvalue weighted by molar-refractivity contribution is -0.0119. The van der Waals surface area contributed by atoms with E-state index in [4.69, 9.17) is 14.7 Å². The Morgan fingerprint density at radius 2 is 1.76 bits per heavy atom. The Morgan fingerprint density at radius 3 is 2.35 bits per heavy atom. The van der Waals surface area contributed by atoms with E-state index in [1.165, 1.54) is 0 Å². The molecule has 3 nitrogen and oxygen atoms in total. The van der Waals surface area contributed by atoms with Crippen LogP contribution >= 0.6 is 0 Å². The van der Waals surface area contributed by atoms with Crippen molar-refractivity contribution in [3.8, 4) is 6.07 Å². The maximum absolute atomic E-state index is 8.78. The van der Waals surface area contributed by atoms with Gasteiger partial charge in [-0.15, -0.1) is 0 Å². The molecule has 17 heavy (non-hydrogen) atoms. The fourth-order valence-corrected chi connectivity index (χ4v) is 1.50. The van der Waals surface area contributed by atoms with Crippen LogP contribution < -0.4 is 0 Å². The van der Waals surface area contributed by atoms with E-state index in [0.717, 1.165) is 5.56 Å². The van der Waals surface area contributed by atoms with E-state index in [0.29, 0.717) is 19.6 Å². The molecule has 0 aliphatic carbocycles. The molecule has 0 aliphatic heterocycles. The maximum atomic E-state index is 8.78. The number of rotatable bonds is 7. The van der Waals surface area contributed by atoms with Crippen molar-refractivity contribution in [2.45, 2.75) is 32.5 Å². The summed E-state index contributed by atoms with van der Waals surface area (Å²) >= 11 is 0. The number of ether oxygens (including phenoxy) is 2. The average molecular weight is 233 g/mol. The van der Waals surface area contributed by atoms with E-state index in [1.54, 1.807) is 0 Å². The van der Waals surface area contributed by atoms with Crippen LogP contribution in [0.4, 0.5) is 0 Å². The largest absolute Gasteiger partial charge is 0.376 e. The summed E-state index contributed by atoms with van der Waals surface area (Å²) in [6.45, 7) is 5.06. The normalized spacial score (nSPS) is 12.4. The Morgan fingerprint density at radius 1 is 1.12 bits per heavy atom. The van der Waals surface area contributed by atoms with Gasteiger partial charge in [0.2, 0.25) is 0 Å². The van der Waals surface area contributed by atoms with Crippen LogP contribution in [-0.2, 0) is 9.47 Å². The maximum Gasteiger partial charge on any atom is 0.0955 e. The smallest absolute Gasteiger partial charge is 0.0955 e. The second-order valence-electron chi connectivity index (χ2n) is 4.05. The molecule has 1 aromatic rings. The predicted molar refractivity (Wildman–Crippen MR) is 66.5 cm³/mol. The monoisotopic (exact) mass is 233 g/mol. The molecule has 0 N–H and O–H groups in total. The first kappa shape index (κ1) is 13.7. The van der Waals surface area contributed by atoms with Gasteiger partial charge in [-0.3, -0.25) is 0 Å². The van der Waals surface area contributed by atoms with Crippen LogP contribution in [0.3, 0.4) is 0 Å². The van der Waals surface area contributed by atoms with Crippen molar-refractivity contribution in [3.05, 3.63) is 35.9 Å². The molecule has 0 aliphatic rings. The molecule has 0 aromatic heterocycles. The lowest BCUT2D eigenvalue weighted by Crippen LogP contribution is -2.12. The van der Waals surface area contributed by atoms with Crippen LogP contribution in [0.1, 0.15) is 31.9 Å². The van der Waals surface area contributed by atoms with Gasteiger partial charge < -0.3 is 9.47 Å². The molecule has 1 rings (SSSR count). The molecular formula is C14H19NO2. The van der Waals surface area contributed by atoms with Crippen LogP contribution in [0.15, 0.2) is 30.3 Å². The molecule has 0 saturated carbocycles. The quantitative estimate of drug-likeness (QED) is 0.680. The second kappa shape index (κ2) is 7.83. The van der Waals surface area contributed by atoms with Crippen molar-refractivity contribution < 1.29 is 9.47 Å². The molecule has 0 fully saturated rings. The summed E-state index contributed by atoms with van der Waals surface area (Å²) in [5, 5.41) is 8.78. The molecule has 1 aromatic carbocycles. The summed E-state index contributed by atoms with van der Waals surface area (Å²) in [5.41, 5.74) is 1.04. The molecule has 1 atom stereocenters. The van der Waals surface area contributed by atoms with Gasteiger partial charge in [0.1, 0.15) is 0 Å². The van der Waals surface area contributed by atoms with Crippen LogP contribution in [0.5, 0.6) is 0 Å². The first-order valence-electron chi connectivity index (χ1n) is 5.89. The van der Waals surface area contributed by atoms with E-state index in [9.17, 15) is 0 Å². The molecular weight excluding hydrogens is 214 g/mol. The van der Waals surface area contributed by atoms with Crippen molar-refractivity contribution in [3.63, 3.8) is 0 Å². The molecule has 0 spiro atoms. The van der Waals surface area contributed by atoms with Crippen LogP contribution in [-0.4, -0.2) is 19.3 Å². The van der Waals surface area contributed by atoms with Crippen LogP contribution in [0.2, 0.25) is 0 Å². The summed E-state index contributed by atoms with van der Waals surface area (Å²) < 4.78 is 11.1. The summed E-state index contributed by atoms with van der Waals surface area (Å²) in [7, 11) is 0. The average Bonchev–Trinajstić information content (AvgIpc) is 2.34. The Labute approximate surface area is 103 Å². The van der Waals surface area contributed by atoms with Crippen molar-refractivity contribution in [2.75, 3.05) is 13.2 Å². The fourth-order valence-electron chi connectivity index (χ4n) is 1.50. The standard InChI is InChI=1S/C14H19NO2/c1-12(2)16-10-11-17-14(8-9-15)13-6-4-3-5-7-13/h3-7,12,14H,8,10-11H2,1-2H3. The lowest BCUT2D eigenvalue weighted by atomic mass is 10.1. The number of hydrogen-bond donors (Lipinski definition) is 0. The zero-order valence-electron chi connectivity index (χ0n) is 10.4. The third-order valence-corrected chi connectivity index (χ3v) is 2.30. The SMILES string of the molecule is CC(C)OCCOC(CC#N)c1ccccc1. The summed E-state index contributed by atoms with van der Waals surface area (Å²) in [6, 6.07) is 12.0. The molecule has 0 heterocycles. The van der Waals surface area contributed by atoms with Gasteiger partial charge in [-0.1, -0.05) is 30.3 Å². The third kappa shape index (κ3) is 5.48. The lowest BCUT2D eigenvalue weighted by Gasteiger charge is -2.16. The summed E-state index contributed by atoms with van der Waals surface area (Å²) in [4.78, 5) is 0. The first-order valence-corrected chi connectivity index (χ1v) is 5.89. The van der Waals surface area contributed by atoms with E-state index >= 15 is 0 Å². The first-order chi connectivity index (χ1) is 8.24. The Kier molecular flexibility index (Phi) is 6.31. The molecule has 3 heteroatoms. The summed E-state index contributed by atoms with van der Waals surface area (Å²) in [5.74, 6) is 0. The van der Waals surface area contributed by atoms with Crippen molar-refractivity contribution in [1.82, 2.24) is 0 Å². The highest BCUT2D eigenvalue weighted by Gasteiger charge is 2.10. The zero-order valence-corrected chi connectivity index (χ0v) is 10.4. The minimum Gasteiger partial charge on any atom is -0.376 e. The van der Waals surface area contributed by atoms with E-state index < -0.39 is 0 Å². The minimum atomic E-state index is -0.156. The highest BCUT2D eigenvalue weighted by Crippen LogP contribution is 2.20. The Hall–Kier alpha value is -1.37. The zero-order chi connectivity index (χ0) is 12.5.